The fourth-order valence-electron chi connectivity index (χ4n) is 2.99. The summed E-state index contributed by atoms with van der Waals surface area (Å²) in [5, 5.41) is 1.48. The summed E-state index contributed by atoms with van der Waals surface area (Å²) < 4.78 is 0.415. The lowest BCUT2D eigenvalue weighted by molar-refractivity contribution is 1.14. The van der Waals surface area contributed by atoms with Crippen molar-refractivity contribution in [1.29, 1.82) is 0 Å². The maximum atomic E-state index is 6.50. The first kappa shape index (κ1) is 16.9. The van der Waals surface area contributed by atoms with Crippen molar-refractivity contribution in [2.24, 2.45) is 0 Å². The molecule has 4 aromatic rings. The van der Waals surface area contributed by atoms with Crippen LogP contribution in [0, 0.1) is 18.6 Å². The maximum Gasteiger partial charge on any atom is 0.197 e. The van der Waals surface area contributed by atoms with Crippen LogP contribution in [-0.2, 0) is 0 Å². The summed E-state index contributed by atoms with van der Waals surface area (Å²) >= 11 is 11.8. The van der Waals surface area contributed by atoms with Crippen LogP contribution in [0.4, 0.5) is 0 Å². The van der Waals surface area contributed by atoms with E-state index < -0.39 is 0 Å². The van der Waals surface area contributed by atoms with E-state index in [1.54, 1.807) is 0 Å². The highest BCUT2D eigenvalue weighted by Crippen LogP contribution is 2.31. The number of hydrogen-bond donors (Lipinski definition) is 1. The first-order valence-corrected chi connectivity index (χ1v) is 9.04. The van der Waals surface area contributed by atoms with Gasteiger partial charge in [0.1, 0.15) is 5.15 Å². The molecule has 5 heteroatoms. The third-order valence-electron chi connectivity index (χ3n) is 4.38. The third-order valence-corrected chi connectivity index (χ3v) is 4.86. The molecule has 2 heterocycles. The zero-order chi connectivity index (χ0) is 18.3. The fraction of sp³-hybridized carbons (Fsp3) is 0.0952. The molecule has 0 unspecified atom stereocenters. The maximum absolute atomic E-state index is 6.50. The number of hydrogen-bond acceptors (Lipinski definition) is 3. The number of pyridine rings is 1. The Labute approximate surface area is 161 Å². The van der Waals surface area contributed by atoms with Crippen LogP contribution in [0.15, 0.2) is 54.6 Å². The molecule has 26 heavy (non-hydrogen) atoms. The molecule has 0 aliphatic carbocycles. The molecule has 2 aromatic heterocycles. The number of nitrogens with one attached hydrogen (secondary N) is 1. The highest BCUT2D eigenvalue weighted by molar-refractivity contribution is 7.71. The van der Waals surface area contributed by atoms with Gasteiger partial charge < -0.3 is 4.98 Å². The SMILES string of the molecule is Cc1ccc(-c2cc(-c3cc4cccc(C)c4nc3Cl)[nH]c(=S)n2)cc1. The Bertz CT molecular complexity index is 1180. The van der Waals surface area contributed by atoms with Gasteiger partial charge in [0.15, 0.2) is 4.77 Å². The molecule has 0 amide bonds. The lowest BCUT2D eigenvalue weighted by Crippen LogP contribution is -1.94. The van der Waals surface area contributed by atoms with Crippen molar-refractivity contribution in [3.8, 4) is 22.5 Å². The number of halogens is 1. The number of benzene rings is 2. The van der Waals surface area contributed by atoms with Gasteiger partial charge in [-0.1, -0.05) is 59.6 Å². The van der Waals surface area contributed by atoms with Crippen molar-refractivity contribution < 1.29 is 0 Å². The lowest BCUT2D eigenvalue weighted by atomic mass is 10.1. The molecule has 0 bridgehead atoms. The molecular weight excluding hydrogens is 362 g/mol. The van der Waals surface area contributed by atoms with Crippen LogP contribution in [0.1, 0.15) is 11.1 Å². The van der Waals surface area contributed by atoms with Crippen molar-refractivity contribution in [3.05, 3.63) is 75.6 Å². The van der Waals surface area contributed by atoms with Crippen molar-refractivity contribution in [1.82, 2.24) is 15.0 Å². The van der Waals surface area contributed by atoms with Crippen molar-refractivity contribution in [2.45, 2.75) is 13.8 Å². The van der Waals surface area contributed by atoms with Gasteiger partial charge in [-0.15, -0.1) is 0 Å². The smallest absolute Gasteiger partial charge is 0.197 e. The zero-order valence-corrected chi connectivity index (χ0v) is 15.9. The van der Waals surface area contributed by atoms with Crippen molar-refractivity contribution >= 4 is 34.7 Å². The second-order valence-electron chi connectivity index (χ2n) is 6.32. The van der Waals surface area contributed by atoms with E-state index in [0.29, 0.717) is 9.92 Å². The van der Waals surface area contributed by atoms with Crippen LogP contribution in [0.2, 0.25) is 5.15 Å². The number of fused-ring (bicyclic) bond motifs is 1. The molecule has 3 nitrogen and oxygen atoms in total. The van der Waals surface area contributed by atoms with E-state index in [9.17, 15) is 0 Å². The Hall–Kier alpha value is -2.56. The summed E-state index contributed by atoms with van der Waals surface area (Å²) in [5.74, 6) is 0. The van der Waals surface area contributed by atoms with Gasteiger partial charge in [0.2, 0.25) is 0 Å². The number of rotatable bonds is 2. The fourth-order valence-corrected chi connectivity index (χ4v) is 3.44. The van der Waals surface area contributed by atoms with Crippen LogP contribution in [-0.4, -0.2) is 15.0 Å². The Balaban J connectivity index is 1.91. The van der Waals surface area contributed by atoms with Crippen LogP contribution in [0.3, 0.4) is 0 Å². The molecule has 0 atom stereocenters. The first-order valence-electron chi connectivity index (χ1n) is 8.26. The average Bonchev–Trinajstić information content (AvgIpc) is 2.62. The summed E-state index contributed by atoms with van der Waals surface area (Å²) in [7, 11) is 0. The molecular formula is C21H16ClN3S. The topological polar surface area (TPSA) is 41.6 Å². The first-order chi connectivity index (χ1) is 12.5. The van der Waals surface area contributed by atoms with E-state index in [1.807, 2.05) is 49.4 Å². The predicted octanol–water partition coefficient (Wildman–Crippen LogP) is 6.29. The van der Waals surface area contributed by atoms with E-state index in [2.05, 4.69) is 34.0 Å². The van der Waals surface area contributed by atoms with Gasteiger partial charge in [0, 0.05) is 16.5 Å². The minimum absolute atomic E-state index is 0.415. The highest BCUT2D eigenvalue weighted by Gasteiger charge is 2.11. The number of nitrogens with zero attached hydrogens (tertiary/aromatic N) is 2. The molecule has 128 valence electrons. The van der Waals surface area contributed by atoms with E-state index in [-0.39, 0.29) is 0 Å². The number of aromatic nitrogens is 3. The summed E-state index contributed by atoms with van der Waals surface area (Å²) in [6, 6.07) is 18.3. The van der Waals surface area contributed by atoms with Crippen molar-refractivity contribution in [2.75, 3.05) is 0 Å². The van der Waals surface area contributed by atoms with E-state index in [0.717, 1.165) is 39.0 Å². The largest absolute Gasteiger partial charge is 0.330 e. The second-order valence-corrected chi connectivity index (χ2v) is 7.07. The van der Waals surface area contributed by atoms with Gasteiger partial charge in [-0.25, -0.2) is 9.97 Å². The monoisotopic (exact) mass is 377 g/mol. The van der Waals surface area contributed by atoms with E-state index >= 15 is 0 Å². The molecule has 0 aliphatic heterocycles. The summed E-state index contributed by atoms with van der Waals surface area (Å²) in [4.78, 5) is 12.2. The third kappa shape index (κ3) is 3.14. The number of aromatic amines is 1. The van der Waals surface area contributed by atoms with Gasteiger partial charge in [0.25, 0.3) is 0 Å². The quantitative estimate of drug-likeness (QED) is 0.329. The van der Waals surface area contributed by atoms with Crippen molar-refractivity contribution in [3.63, 3.8) is 0 Å². The van der Waals surface area contributed by atoms with Gasteiger partial charge in [-0.05, 0) is 43.8 Å². The van der Waals surface area contributed by atoms with Crippen LogP contribution < -0.4 is 0 Å². The zero-order valence-electron chi connectivity index (χ0n) is 14.4. The minimum atomic E-state index is 0.415. The molecule has 0 spiro atoms. The second kappa shape index (κ2) is 6.63. The summed E-state index contributed by atoms with van der Waals surface area (Å²) in [6.07, 6.45) is 0. The number of aryl methyl sites for hydroxylation is 2. The molecule has 0 saturated heterocycles. The van der Waals surface area contributed by atoms with Gasteiger partial charge in [-0.3, -0.25) is 0 Å². The van der Waals surface area contributed by atoms with Crippen LogP contribution >= 0.6 is 23.8 Å². The highest BCUT2D eigenvalue weighted by atomic mass is 35.5. The molecule has 0 fully saturated rings. The molecule has 1 N–H and O–H groups in total. The summed E-state index contributed by atoms with van der Waals surface area (Å²) in [6.45, 7) is 4.09. The Morgan fingerprint density at radius 3 is 2.50 bits per heavy atom. The Morgan fingerprint density at radius 1 is 0.962 bits per heavy atom. The average molecular weight is 378 g/mol. The Morgan fingerprint density at radius 2 is 1.73 bits per heavy atom. The number of para-hydroxylation sites is 1. The normalized spacial score (nSPS) is 11.0. The standard InChI is InChI=1S/C21H16ClN3S/c1-12-6-8-14(9-7-12)17-11-18(24-21(26)23-17)16-10-15-5-3-4-13(2)19(15)25-20(16)22/h3-11H,1-2H3,(H,23,24,26). The molecule has 0 saturated carbocycles. The molecule has 4 rings (SSSR count). The molecule has 0 aliphatic rings. The van der Waals surface area contributed by atoms with E-state index in [1.165, 1.54) is 5.56 Å². The number of H-pyrrole nitrogens is 1. The lowest BCUT2D eigenvalue weighted by Gasteiger charge is -2.10. The van der Waals surface area contributed by atoms with Crippen LogP contribution in [0.5, 0.6) is 0 Å². The van der Waals surface area contributed by atoms with Crippen LogP contribution in [0.25, 0.3) is 33.4 Å². The van der Waals surface area contributed by atoms with Gasteiger partial charge in [-0.2, -0.15) is 0 Å². The van der Waals surface area contributed by atoms with Gasteiger partial charge in [0.05, 0.1) is 16.9 Å². The minimum Gasteiger partial charge on any atom is -0.330 e. The Kier molecular flexibility index (Phi) is 4.31. The molecule has 0 radical (unpaired) electrons. The van der Waals surface area contributed by atoms with Gasteiger partial charge >= 0.3 is 0 Å². The predicted molar refractivity (Wildman–Crippen MR) is 110 cm³/mol. The molecule has 2 aromatic carbocycles. The summed E-state index contributed by atoms with van der Waals surface area (Å²) in [5.41, 5.74) is 6.65. The van der Waals surface area contributed by atoms with E-state index in [4.69, 9.17) is 23.8 Å².